The number of carbonyl (C=O) groups is 2. The molecule has 0 radical (unpaired) electrons. The average molecular weight is 308 g/mol. The molecule has 2 amide bonds. The second kappa shape index (κ2) is 6.83. The van der Waals surface area contributed by atoms with Gasteiger partial charge in [-0.2, -0.15) is 0 Å². The molecule has 2 heterocycles. The molecule has 22 heavy (non-hydrogen) atoms. The number of hydrogen-bond acceptors (Lipinski definition) is 4. The van der Waals surface area contributed by atoms with Crippen molar-refractivity contribution < 1.29 is 14.0 Å². The highest BCUT2D eigenvalue weighted by molar-refractivity contribution is 5.96. The van der Waals surface area contributed by atoms with E-state index in [0.29, 0.717) is 19.5 Å². The van der Waals surface area contributed by atoms with Gasteiger partial charge >= 0.3 is 0 Å². The van der Waals surface area contributed by atoms with Gasteiger partial charge in [-0.3, -0.25) is 9.59 Å². The van der Waals surface area contributed by atoms with Crippen molar-refractivity contribution in [1.29, 1.82) is 0 Å². The molecule has 0 aliphatic carbocycles. The molecule has 0 saturated carbocycles. The van der Waals surface area contributed by atoms with Gasteiger partial charge in [0.25, 0.3) is 5.91 Å². The van der Waals surface area contributed by atoms with Gasteiger partial charge in [-0.25, -0.2) is 9.37 Å². The quantitative estimate of drug-likeness (QED) is 0.885. The van der Waals surface area contributed by atoms with Crippen molar-refractivity contribution in [2.24, 2.45) is 5.73 Å². The van der Waals surface area contributed by atoms with Crippen LogP contribution in [0.2, 0.25) is 0 Å². The molecule has 2 N–H and O–H groups in total. The molecule has 1 aromatic heterocycles. The van der Waals surface area contributed by atoms with E-state index in [0.717, 1.165) is 0 Å². The van der Waals surface area contributed by atoms with E-state index in [1.54, 1.807) is 4.90 Å². The van der Waals surface area contributed by atoms with Gasteiger partial charge in [-0.05, 0) is 32.4 Å². The number of aromatic nitrogens is 1. The molecular weight excluding hydrogens is 287 g/mol. The third-order valence-corrected chi connectivity index (χ3v) is 3.92. The van der Waals surface area contributed by atoms with Gasteiger partial charge in [0, 0.05) is 31.9 Å². The van der Waals surface area contributed by atoms with E-state index in [1.165, 1.54) is 23.2 Å². The highest BCUT2D eigenvalue weighted by atomic mass is 19.1. The van der Waals surface area contributed by atoms with E-state index in [-0.39, 0.29) is 24.2 Å². The van der Waals surface area contributed by atoms with Crippen LogP contribution in [0.15, 0.2) is 18.3 Å². The summed E-state index contributed by atoms with van der Waals surface area (Å²) in [5, 5.41) is 0. The zero-order valence-corrected chi connectivity index (χ0v) is 12.8. The second-order valence-corrected chi connectivity index (χ2v) is 5.31. The summed E-state index contributed by atoms with van der Waals surface area (Å²) in [6.07, 6.45) is 1.74. The fourth-order valence-electron chi connectivity index (χ4n) is 2.75. The molecule has 0 unspecified atom stereocenters. The standard InChI is InChI=1S/C15H21FN4O2/c1-3-19(4-2)14(21)12-8-10(17)9-20(12)15(22)13-11(16)6-5-7-18-13/h5-7,10,12H,3-4,8-9,17H2,1-2H3/t10-,12+/m1/s1. The Morgan fingerprint density at radius 1 is 1.45 bits per heavy atom. The van der Waals surface area contributed by atoms with Crippen LogP contribution >= 0.6 is 0 Å². The topological polar surface area (TPSA) is 79.5 Å². The van der Waals surface area contributed by atoms with E-state index in [9.17, 15) is 14.0 Å². The zero-order chi connectivity index (χ0) is 16.3. The van der Waals surface area contributed by atoms with Crippen LogP contribution in [-0.4, -0.2) is 58.3 Å². The van der Waals surface area contributed by atoms with Crippen molar-refractivity contribution in [1.82, 2.24) is 14.8 Å². The Bertz CT molecular complexity index is 562. The summed E-state index contributed by atoms with van der Waals surface area (Å²) in [7, 11) is 0. The van der Waals surface area contributed by atoms with Gasteiger partial charge in [-0.1, -0.05) is 0 Å². The molecule has 2 atom stereocenters. The molecule has 6 nitrogen and oxygen atoms in total. The van der Waals surface area contributed by atoms with Gasteiger partial charge in [-0.15, -0.1) is 0 Å². The molecule has 0 aromatic carbocycles. The lowest BCUT2D eigenvalue weighted by molar-refractivity contribution is -0.134. The minimum absolute atomic E-state index is 0.150. The predicted molar refractivity (Wildman–Crippen MR) is 79.5 cm³/mol. The van der Waals surface area contributed by atoms with E-state index in [2.05, 4.69) is 4.98 Å². The van der Waals surface area contributed by atoms with Crippen LogP contribution in [0.1, 0.15) is 30.8 Å². The maximum absolute atomic E-state index is 13.8. The normalized spacial score (nSPS) is 21.0. The lowest BCUT2D eigenvalue weighted by Crippen LogP contribution is -2.48. The number of nitrogens with zero attached hydrogens (tertiary/aromatic N) is 3. The summed E-state index contributed by atoms with van der Waals surface area (Å²) in [6, 6.07) is 1.65. The Labute approximate surface area is 129 Å². The van der Waals surface area contributed by atoms with Crippen LogP contribution in [0.5, 0.6) is 0 Å². The minimum atomic E-state index is -0.693. The summed E-state index contributed by atoms with van der Waals surface area (Å²) in [6.45, 7) is 5.09. The first-order chi connectivity index (χ1) is 10.5. The monoisotopic (exact) mass is 308 g/mol. The van der Waals surface area contributed by atoms with Crippen LogP contribution in [0.25, 0.3) is 0 Å². The Hall–Kier alpha value is -2.02. The number of hydrogen-bond donors (Lipinski definition) is 1. The first kappa shape index (κ1) is 16.4. The summed E-state index contributed by atoms with van der Waals surface area (Å²) in [5.41, 5.74) is 5.64. The summed E-state index contributed by atoms with van der Waals surface area (Å²) in [5.74, 6) is -1.43. The smallest absolute Gasteiger partial charge is 0.276 e. The molecule has 1 fully saturated rings. The van der Waals surface area contributed by atoms with Crippen LogP contribution in [-0.2, 0) is 4.79 Å². The highest BCUT2D eigenvalue weighted by Gasteiger charge is 2.40. The van der Waals surface area contributed by atoms with Crippen molar-refractivity contribution in [3.8, 4) is 0 Å². The molecule has 0 bridgehead atoms. The Kier molecular flexibility index (Phi) is 5.07. The number of likely N-dealkylation sites (tertiary alicyclic amines) is 1. The molecule has 1 saturated heterocycles. The Morgan fingerprint density at radius 3 is 2.73 bits per heavy atom. The van der Waals surface area contributed by atoms with Gasteiger partial charge in [0.05, 0.1) is 0 Å². The van der Waals surface area contributed by atoms with Crippen molar-refractivity contribution in [2.75, 3.05) is 19.6 Å². The lowest BCUT2D eigenvalue weighted by Gasteiger charge is -2.28. The van der Waals surface area contributed by atoms with Gasteiger partial charge in [0.2, 0.25) is 5.91 Å². The maximum Gasteiger partial charge on any atom is 0.276 e. The lowest BCUT2D eigenvalue weighted by atomic mass is 10.1. The predicted octanol–water partition coefficient (Wildman–Crippen LogP) is 0.631. The second-order valence-electron chi connectivity index (χ2n) is 5.31. The summed E-state index contributed by atoms with van der Waals surface area (Å²) >= 11 is 0. The molecular formula is C15H21FN4O2. The van der Waals surface area contributed by atoms with E-state index < -0.39 is 17.8 Å². The van der Waals surface area contributed by atoms with Crippen LogP contribution in [0.3, 0.4) is 0 Å². The van der Waals surface area contributed by atoms with Gasteiger partial charge in [0.15, 0.2) is 11.5 Å². The fourth-order valence-corrected chi connectivity index (χ4v) is 2.75. The van der Waals surface area contributed by atoms with Crippen LogP contribution in [0.4, 0.5) is 4.39 Å². The third kappa shape index (κ3) is 3.09. The molecule has 120 valence electrons. The number of pyridine rings is 1. The summed E-state index contributed by atoms with van der Waals surface area (Å²) in [4.78, 5) is 31.9. The SMILES string of the molecule is CCN(CC)C(=O)[C@@H]1C[C@@H](N)CN1C(=O)c1ncccc1F. The largest absolute Gasteiger partial charge is 0.341 e. The van der Waals surface area contributed by atoms with Crippen molar-refractivity contribution >= 4 is 11.8 Å². The highest BCUT2D eigenvalue weighted by Crippen LogP contribution is 2.22. The van der Waals surface area contributed by atoms with Crippen LogP contribution in [0, 0.1) is 5.82 Å². The van der Waals surface area contributed by atoms with Crippen molar-refractivity contribution in [3.63, 3.8) is 0 Å². The first-order valence-corrected chi connectivity index (χ1v) is 7.45. The molecule has 0 spiro atoms. The van der Waals surface area contributed by atoms with Gasteiger partial charge < -0.3 is 15.5 Å². The summed E-state index contributed by atoms with van der Waals surface area (Å²) < 4.78 is 13.8. The number of amides is 2. The fraction of sp³-hybridized carbons (Fsp3) is 0.533. The van der Waals surface area contributed by atoms with E-state index >= 15 is 0 Å². The van der Waals surface area contributed by atoms with E-state index in [4.69, 9.17) is 5.73 Å². The van der Waals surface area contributed by atoms with Crippen molar-refractivity contribution in [3.05, 3.63) is 29.8 Å². The molecule has 2 rings (SSSR count). The van der Waals surface area contributed by atoms with Crippen LogP contribution < -0.4 is 5.73 Å². The maximum atomic E-state index is 13.8. The Morgan fingerprint density at radius 2 is 2.14 bits per heavy atom. The molecule has 1 aliphatic heterocycles. The minimum Gasteiger partial charge on any atom is -0.341 e. The first-order valence-electron chi connectivity index (χ1n) is 7.45. The Balaban J connectivity index is 2.26. The van der Waals surface area contributed by atoms with Crippen molar-refractivity contribution in [2.45, 2.75) is 32.4 Å². The molecule has 7 heteroatoms. The average Bonchev–Trinajstić information content (AvgIpc) is 2.90. The molecule has 1 aromatic rings. The zero-order valence-electron chi connectivity index (χ0n) is 12.8. The number of halogens is 1. The molecule has 1 aliphatic rings. The van der Waals surface area contributed by atoms with E-state index in [1.807, 2.05) is 13.8 Å². The van der Waals surface area contributed by atoms with Gasteiger partial charge in [0.1, 0.15) is 6.04 Å². The third-order valence-electron chi connectivity index (χ3n) is 3.92. The number of carbonyl (C=O) groups excluding carboxylic acids is 2. The number of rotatable bonds is 4. The number of nitrogens with two attached hydrogens (primary N) is 1. The number of likely N-dealkylation sites (N-methyl/N-ethyl adjacent to an activating group) is 1.